The summed E-state index contributed by atoms with van der Waals surface area (Å²) in [6.07, 6.45) is -2.85. The fourth-order valence-corrected chi connectivity index (χ4v) is 5.96. The number of pyridine rings is 1. The largest absolute Gasteiger partial charge is 0.418 e. The van der Waals surface area contributed by atoms with Gasteiger partial charge in [-0.1, -0.05) is 29.8 Å². The van der Waals surface area contributed by atoms with Crippen molar-refractivity contribution in [3.8, 4) is 5.69 Å². The van der Waals surface area contributed by atoms with Crippen LogP contribution < -0.4 is 15.5 Å². The Morgan fingerprint density at radius 2 is 1.86 bits per heavy atom. The van der Waals surface area contributed by atoms with Gasteiger partial charge in [0, 0.05) is 30.4 Å². The van der Waals surface area contributed by atoms with E-state index in [0.29, 0.717) is 33.6 Å². The van der Waals surface area contributed by atoms with Gasteiger partial charge in [-0.05, 0) is 80.2 Å². The molecule has 0 spiro atoms. The van der Waals surface area contributed by atoms with Gasteiger partial charge in [0.2, 0.25) is 5.91 Å². The van der Waals surface area contributed by atoms with Crippen LogP contribution in [0, 0.1) is 13.8 Å². The lowest BCUT2D eigenvalue weighted by atomic mass is 9.96. The molecular weight excluding hydrogens is 587 g/mol. The van der Waals surface area contributed by atoms with Crippen LogP contribution in [0.15, 0.2) is 72.9 Å². The highest BCUT2D eigenvalue weighted by Gasteiger charge is 2.43. The number of carbonyl (C=O) groups is 1. The molecule has 0 bridgehead atoms. The minimum absolute atomic E-state index is 0.0416. The summed E-state index contributed by atoms with van der Waals surface area (Å²) in [6.45, 7) is 3.45. The van der Waals surface area contributed by atoms with Crippen LogP contribution in [0.5, 0.6) is 0 Å². The average molecular weight is 614 g/mol. The van der Waals surface area contributed by atoms with E-state index in [2.05, 4.69) is 15.6 Å². The Morgan fingerprint density at radius 1 is 1.12 bits per heavy atom. The molecule has 5 rings (SSSR count). The number of nitrogens with zero attached hydrogens (tertiary/aromatic N) is 3. The zero-order valence-electron chi connectivity index (χ0n) is 22.9. The lowest BCUT2D eigenvalue weighted by molar-refractivity contribution is -0.137. The maximum atomic E-state index is 14.0. The quantitative estimate of drug-likeness (QED) is 0.221. The monoisotopic (exact) mass is 613 g/mol. The molecule has 2 aromatic carbocycles. The summed E-state index contributed by atoms with van der Waals surface area (Å²) in [6, 6.07) is 17.2. The molecule has 0 saturated carbocycles. The molecule has 12 heteroatoms. The van der Waals surface area contributed by atoms with Gasteiger partial charge in [0.25, 0.3) is 0 Å². The molecule has 218 valence electrons. The van der Waals surface area contributed by atoms with Crippen LogP contribution in [0.2, 0.25) is 5.02 Å². The highest BCUT2D eigenvalue weighted by atomic mass is 35.5. The number of methoxy groups -OCH3 is 1. The van der Waals surface area contributed by atoms with Crippen molar-refractivity contribution in [2.24, 2.45) is 0 Å². The van der Waals surface area contributed by atoms with Crippen LogP contribution in [0.3, 0.4) is 0 Å². The summed E-state index contributed by atoms with van der Waals surface area (Å²) >= 11 is 12.4. The van der Waals surface area contributed by atoms with E-state index in [1.807, 2.05) is 23.1 Å². The number of alkyl halides is 3. The Balaban J connectivity index is 1.64. The third-order valence-electron chi connectivity index (χ3n) is 7.12. The van der Waals surface area contributed by atoms with Crippen molar-refractivity contribution >= 4 is 46.2 Å². The molecule has 1 fully saturated rings. The number of halogens is 4. The molecule has 0 radical (unpaired) electrons. The van der Waals surface area contributed by atoms with Crippen molar-refractivity contribution in [3.05, 3.63) is 106 Å². The number of carbonyl (C=O) groups excluding carboxylic acids is 1. The molecule has 4 aromatic rings. The first-order valence-corrected chi connectivity index (χ1v) is 13.7. The van der Waals surface area contributed by atoms with Crippen molar-refractivity contribution < 1.29 is 22.7 Å². The lowest BCUT2D eigenvalue weighted by Gasteiger charge is -2.28. The first-order chi connectivity index (χ1) is 20.0. The van der Waals surface area contributed by atoms with Crippen LogP contribution in [-0.2, 0) is 15.7 Å². The van der Waals surface area contributed by atoms with Gasteiger partial charge in [0.15, 0.2) is 5.11 Å². The predicted molar refractivity (Wildman–Crippen MR) is 160 cm³/mol. The topological polar surface area (TPSA) is 71.4 Å². The molecule has 3 heterocycles. The number of hydrogen-bond acceptors (Lipinski definition) is 4. The summed E-state index contributed by atoms with van der Waals surface area (Å²) in [5.41, 5.74) is 3.08. The van der Waals surface area contributed by atoms with Gasteiger partial charge in [0.05, 0.1) is 39.7 Å². The smallest absolute Gasteiger partial charge is 0.375 e. The highest BCUT2D eigenvalue weighted by molar-refractivity contribution is 7.80. The average Bonchev–Trinajstić information content (AvgIpc) is 3.44. The summed E-state index contributed by atoms with van der Waals surface area (Å²) < 4.78 is 48.5. The number of thiocarbonyl (C=S) groups is 1. The molecule has 1 aliphatic rings. The van der Waals surface area contributed by atoms with Crippen molar-refractivity contribution in [2.75, 3.05) is 23.9 Å². The Bertz CT molecular complexity index is 1640. The van der Waals surface area contributed by atoms with Crippen LogP contribution in [0.4, 0.5) is 24.5 Å². The Morgan fingerprint density at radius 3 is 2.52 bits per heavy atom. The maximum Gasteiger partial charge on any atom is 0.418 e. The van der Waals surface area contributed by atoms with E-state index in [-0.39, 0.29) is 23.2 Å². The minimum atomic E-state index is -4.53. The molecule has 42 heavy (non-hydrogen) atoms. The summed E-state index contributed by atoms with van der Waals surface area (Å²) in [7, 11) is 1.42. The van der Waals surface area contributed by atoms with E-state index in [4.69, 9.17) is 28.6 Å². The Hall–Kier alpha value is -3.93. The van der Waals surface area contributed by atoms with Crippen molar-refractivity contribution in [1.82, 2.24) is 14.9 Å². The standard InChI is InChI=1S/C30H27ClF3N5O2S/c1-17-14-20(18(2)38(17)25-10-5-4-8-21(25)30(32,33)34)28-27(24-9-6-7-13-35-24)37-29(42)39(28)19-11-12-23(22(31)15-19)36-26(40)16-41-3/h4-15,27-28H,16H2,1-3H3,(H,36,40)(H,37,42)/t27-,28+/m0/s1. The molecule has 0 unspecified atom stereocenters. The van der Waals surface area contributed by atoms with Crippen LogP contribution >= 0.6 is 23.8 Å². The third-order valence-corrected chi connectivity index (χ3v) is 7.74. The summed E-state index contributed by atoms with van der Waals surface area (Å²) in [5, 5.41) is 6.74. The number of aromatic nitrogens is 2. The number of ether oxygens (including phenoxy) is 1. The third kappa shape index (κ3) is 5.59. The van der Waals surface area contributed by atoms with Crippen LogP contribution in [-0.4, -0.2) is 34.3 Å². The lowest BCUT2D eigenvalue weighted by Crippen LogP contribution is -2.29. The summed E-state index contributed by atoms with van der Waals surface area (Å²) in [5.74, 6) is -0.356. The second-order valence-electron chi connectivity index (χ2n) is 9.82. The van der Waals surface area contributed by atoms with E-state index < -0.39 is 23.8 Å². The van der Waals surface area contributed by atoms with Gasteiger partial charge < -0.3 is 24.8 Å². The molecular formula is C30H27ClF3N5O2S. The number of rotatable bonds is 7. The fraction of sp³-hybridized carbons (Fsp3) is 0.233. The Kier molecular flexibility index (Phi) is 8.27. The highest BCUT2D eigenvalue weighted by Crippen LogP contribution is 2.45. The molecule has 1 aliphatic heterocycles. The number of aryl methyl sites for hydroxylation is 1. The zero-order valence-corrected chi connectivity index (χ0v) is 24.4. The van der Waals surface area contributed by atoms with E-state index >= 15 is 0 Å². The van der Waals surface area contributed by atoms with Gasteiger partial charge in [-0.3, -0.25) is 9.78 Å². The molecule has 0 aliphatic carbocycles. The second-order valence-corrected chi connectivity index (χ2v) is 10.6. The van der Waals surface area contributed by atoms with Crippen molar-refractivity contribution in [2.45, 2.75) is 32.1 Å². The Labute approximate surface area is 251 Å². The van der Waals surface area contributed by atoms with E-state index in [0.717, 1.165) is 11.6 Å². The molecule has 2 N–H and O–H groups in total. The first kappa shape index (κ1) is 29.6. The molecule has 1 saturated heterocycles. The molecule has 1 amide bonds. The normalized spacial score (nSPS) is 16.9. The summed E-state index contributed by atoms with van der Waals surface area (Å²) in [4.78, 5) is 18.5. The zero-order chi connectivity index (χ0) is 30.2. The van der Waals surface area contributed by atoms with Gasteiger partial charge in [0.1, 0.15) is 6.61 Å². The second kappa shape index (κ2) is 11.7. The molecule has 7 nitrogen and oxygen atoms in total. The van der Waals surface area contributed by atoms with E-state index in [1.165, 1.54) is 19.2 Å². The van der Waals surface area contributed by atoms with Gasteiger partial charge in [-0.2, -0.15) is 13.2 Å². The minimum Gasteiger partial charge on any atom is -0.375 e. The fourth-order valence-electron chi connectivity index (χ4n) is 5.39. The number of amides is 1. The first-order valence-electron chi connectivity index (χ1n) is 13.0. The van der Waals surface area contributed by atoms with Crippen LogP contribution in [0.1, 0.15) is 40.3 Å². The van der Waals surface area contributed by atoms with Crippen molar-refractivity contribution in [3.63, 3.8) is 0 Å². The number of nitrogens with one attached hydrogen (secondary N) is 2. The van der Waals surface area contributed by atoms with Crippen LogP contribution in [0.25, 0.3) is 5.69 Å². The molecule has 2 atom stereocenters. The SMILES string of the molecule is COCC(=O)Nc1ccc(N2C(=S)N[C@@H](c3ccccn3)[C@H]2c2cc(C)n(-c3ccccc3C(F)(F)F)c2C)cc1Cl. The number of benzene rings is 2. The van der Waals surface area contributed by atoms with Gasteiger partial charge in [-0.15, -0.1) is 0 Å². The van der Waals surface area contributed by atoms with E-state index in [9.17, 15) is 18.0 Å². The number of para-hydroxylation sites is 1. The van der Waals surface area contributed by atoms with Crippen molar-refractivity contribution in [1.29, 1.82) is 0 Å². The number of anilines is 2. The van der Waals surface area contributed by atoms with Gasteiger partial charge in [-0.25, -0.2) is 0 Å². The molecule has 2 aromatic heterocycles. The van der Waals surface area contributed by atoms with Gasteiger partial charge >= 0.3 is 6.18 Å². The van der Waals surface area contributed by atoms with E-state index in [1.54, 1.807) is 54.9 Å². The maximum absolute atomic E-state index is 14.0. The predicted octanol–water partition coefficient (Wildman–Crippen LogP) is 6.92. The number of hydrogen-bond donors (Lipinski definition) is 2.